The van der Waals surface area contributed by atoms with Crippen molar-refractivity contribution in [1.82, 2.24) is 9.78 Å². The molecule has 1 aromatic carbocycles. The fourth-order valence-corrected chi connectivity index (χ4v) is 1.81. The van der Waals surface area contributed by atoms with Gasteiger partial charge in [0.05, 0.1) is 9.77 Å². The Balaban J connectivity index is 2.44. The van der Waals surface area contributed by atoms with Crippen LogP contribution in [-0.4, -0.2) is 9.78 Å². The number of nitrogens with zero attached hydrogens (tertiary/aromatic N) is 2. The molecule has 1 atom stereocenters. The number of rotatable bonds is 2. The summed E-state index contributed by atoms with van der Waals surface area (Å²) in [6.45, 7) is 1.82. The van der Waals surface area contributed by atoms with E-state index >= 15 is 0 Å². The topological polar surface area (TPSA) is 43.8 Å². The van der Waals surface area contributed by atoms with Crippen LogP contribution in [0.25, 0.3) is 5.69 Å². The number of benzene rings is 1. The molecule has 16 heavy (non-hydrogen) atoms. The lowest BCUT2D eigenvalue weighted by atomic mass is 10.1. The Labute approximate surface area is 107 Å². The number of aromatic nitrogens is 2. The summed E-state index contributed by atoms with van der Waals surface area (Å²) < 4.78 is 16.3. The first-order valence-corrected chi connectivity index (χ1v) is 5.91. The maximum Gasteiger partial charge on any atom is 0.149 e. The fraction of sp³-hybridized carbons (Fsp3) is 0.182. The van der Waals surface area contributed by atoms with E-state index in [1.54, 1.807) is 18.5 Å². The van der Waals surface area contributed by atoms with Crippen LogP contribution in [0.2, 0.25) is 0 Å². The quantitative estimate of drug-likeness (QED) is 0.860. The SMILES string of the molecule is CC(N)c1ccc(-n2cc(I)cn2)c(F)c1. The van der Waals surface area contributed by atoms with Crippen LogP contribution >= 0.6 is 22.6 Å². The molecule has 1 aromatic heterocycles. The van der Waals surface area contributed by atoms with Gasteiger partial charge in [-0.15, -0.1) is 0 Å². The highest BCUT2D eigenvalue weighted by atomic mass is 127. The van der Waals surface area contributed by atoms with Gasteiger partial charge in [0.1, 0.15) is 11.5 Å². The maximum atomic E-state index is 13.8. The molecule has 2 N–H and O–H groups in total. The molecule has 0 aliphatic carbocycles. The zero-order valence-corrected chi connectivity index (χ0v) is 10.8. The van der Waals surface area contributed by atoms with E-state index in [-0.39, 0.29) is 11.9 Å². The first-order valence-electron chi connectivity index (χ1n) is 4.83. The van der Waals surface area contributed by atoms with E-state index in [9.17, 15) is 4.39 Å². The Morgan fingerprint density at radius 1 is 1.50 bits per heavy atom. The molecule has 2 aromatic rings. The Hall–Kier alpha value is -0.950. The Bertz CT molecular complexity index is 508. The number of hydrogen-bond donors (Lipinski definition) is 1. The third-order valence-electron chi connectivity index (χ3n) is 2.30. The van der Waals surface area contributed by atoms with Crippen LogP contribution < -0.4 is 5.73 Å². The molecule has 0 bridgehead atoms. The lowest BCUT2D eigenvalue weighted by molar-refractivity contribution is 0.606. The first kappa shape index (κ1) is 11.5. The Kier molecular flexibility index (Phi) is 3.25. The van der Waals surface area contributed by atoms with Crippen LogP contribution in [0, 0.1) is 9.39 Å². The molecule has 84 valence electrons. The third kappa shape index (κ3) is 2.25. The molecule has 0 radical (unpaired) electrons. The van der Waals surface area contributed by atoms with Gasteiger partial charge in [-0.05, 0) is 47.2 Å². The van der Waals surface area contributed by atoms with Crippen molar-refractivity contribution < 1.29 is 4.39 Å². The molecule has 0 spiro atoms. The van der Waals surface area contributed by atoms with Crippen LogP contribution in [0.1, 0.15) is 18.5 Å². The molecule has 3 nitrogen and oxygen atoms in total. The van der Waals surface area contributed by atoms with Gasteiger partial charge < -0.3 is 5.73 Å². The number of nitrogens with two attached hydrogens (primary N) is 1. The minimum Gasteiger partial charge on any atom is -0.324 e. The molecule has 0 amide bonds. The van der Waals surface area contributed by atoms with Crippen molar-refractivity contribution in [3.05, 3.63) is 45.5 Å². The molecule has 1 unspecified atom stereocenters. The highest BCUT2D eigenvalue weighted by molar-refractivity contribution is 14.1. The summed E-state index contributed by atoms with van der Waals surface area (Å²) in [6, 6.07) is 4.80. The molecule has 0 fully saturated rings. The fourth-order valence-electron chi connectivity index (χ4n) is 1.42. The first-order chi connectivity index (χ1) is 7.58. The van der Waals surface area contributed by atoms with E-state index in [0.717, 1.165) is 9.13 Å². The molecule has 1 heterocycles. The highest BCUT2D eigenvalue weighted by Crippen LogP contribution is 2.18. The van der Waals surface area contributed by atoms with Gasteiger partial charge >= 0.3 is 0 Å². The van der Waals surface area contributed by atoms with Gasteiger partial charge in [-0.25, -0.2) is 9.07 Å². The van der Waals surface area contributed by atoms with Gasteiger partial charge in [0.2, 0.25) is 0 Å². The molecule has 0 saturated heterocycles. The summed E-state index contributed by atoms with van der Waals surface area (Å²) in [4.78, 5) is 0. The van der Waals surface area contributed by atoms with E-state index in [2.05, 4.69) is 27.7 Å². The van der Waals surface area contributed by atoms with Crippen molar-refractivity contribution in [3.8, 4) is 5.69 Å². The van der Waals surface area contributed by atoms with Gasteiger partial charge in [0, 0.05) is 12.2 Å². The lowest BCUT2D eigenvalue weighted by Crippen LogP contribution is -2.06. The smallest absolute Gasteiger partial charge is 0.149 e. The number of hydrogen-bond acceptors (Lipinski definition) is 2. The van der Waals surface area contributed by atoms with Crippen molar-refractivity contribution >= 4 is 22.6 Å². The highest BCUT2D eigenvalue weighted by Gasteiger charge is 2.08. The van der Waals surface area contributed by atoms with Crippen molar-refractivity contribution in [2.45, 2.75) is 13.0 Å². The molecule has 0 saturated carbocycles. The second kappa shape index (κ2) is 4.50. The summed E-state index contributed by atoms with van der Waals surface area (Å²) in [6.07, 6.45) is 3.45. The predicted molar refractivity (Wildman–Crippen MR) is 68.8 cm³/mol. The molecule has 5 heteroatoms. The summed E-state index contributed by atoms with van der Waals surface area (Å²) in [5, 5.41) is 4.06. The van der Waals surface area contributed by atoms with Crippen LogP contribution in [0.5, 0.6) is 0 Å². The van der Waals surface area contributed by atoms with Crippen molar-refractivity contribution in [2.75, 3.05) is 0 Å². The van der Waals surface area contributed by atoms with Crippen LogP contribution in [0.3, 0.4) is 0 Å². The molecule has 0 aliphatic rings. The zero-order valence-electron chi connectivity index (χ0n) is 8.69. The largest absolute Gasteiger partial charge is 0.324 e. The second-order valence-corrected chi connectivity index (χ2v) is 4.85. The second-order valence-electron chi connectivity index (χ2n) is 3.60. The summed E-state index contributed by atoms with van der Waals surface area (Å²) >= 11 is 2.13. The minimum absolute atomic E-state index is 0.165. The van der Waals surface area contributed by atoms with Crippen molar-refractivity contribution in [3.63, 3.8) is 0 Å². The Morgan fingerprint density at radius 3 is 2.75 bits per heavy atom. The van der Waals surface area contributed by atoms with E-state index in [1.807, 2.05) is 13.0 Å². The van der Waals surface area contributed by atoms with E-state index < -0.39 is 0 Å². The van der Waals surface area contributed by atoms with Gasteiger partial charge in [-0.3, -0.25) is 0 Å². The molecule has 2 rings (SSSR count). The van der Waals surface area contributed by atoms with Crippen molar-refractivity contribution in [1.29, 1.82) is 0 Å². The molecular formula is C11H11FIN3. The normalized spacial score (nSPS) is 12.8. The average Bonchev–Trinajstić information content (AvgIpc) is 2.64. The molecule has 0 aliphatic heterocycles. The standard InChI is InChI=1S/C11H11FIN3/c1-7(14)8-2-3-11(10(12)4-8)16-6-9(13)5-15-16/h2-7H,14H2,1H3. The lowest BCUT2D eigenvalue weighted by Gasteiger charge is -2.08. The van der Waals surface area contributed by atoms with Crippen LogP contribution in [0.4, 0.5) is 4.39 Å². The number of halogens is 2. The van der Waals surface area contributed by atoms with Gasteiger partial charge in [0.15, 0.2) is 0 Å². The minimum atomic E-state index is -0.311. The monoisotopic (exact) mass is 331 g/mol. The van der Waals surface area contributed by atoms with Crippen LogP contribution in [-0.2, 0) is 0 Å². The van der Waals surface area contributed by atoms with Crippen molar-refractivity contribution in [2.24, 2.45) is 5.73 Å². The summed E-state index contributed by atoms with van der Waals surface area (Å²) in [7, 11) is 0. The summed E-state index contributed by atoms with van der Waals surface area (Å²) in [5.74, 6) is -0.311. The Morgan fingerprint density at radius 2 is 2.25 bits per heavy atom. The zero-order chi connectivity index (χ0) is 11.7. The van der Waals surface area contributed by atoms with E-state index in [4.69, 9.17) is 5.73 Å². The maximum absolute atomic E-state index is 13.8. The van der Waals surface area contributed by atoms with Gasteiger partial charge in [-0.1, -0.05) is 6.07 Å². The van der Waals surface area contributed by atoms with Gasteiger partial charge in [0.25, 0.3) is 0 Å². The van der Waals surface area contributed by atoms with Crippen LogP contribution in [0.15, 0.2) is 30.6 Å². The average molecular weight is 331 g/mol. The predicted octanol–water partition coefficient (Wildman–Crippen LogP) is 2.64. The summed E-state index contributed by atoms with van der Waals surface area (Å²) in [5.41, 5.74) is 6.90. The van der Waals surface area contributed by atoms with E-state index in [1.165, 1.54) is 10.7 Å². The molecular weight excluding hydrogens is 320 g/mol. The third-order valence-corrected chi connectivity index (χ3v) is 2.85. The van der Waals surface area contributed by atoms with E-state index in [0.29, 0.717) is 5.69 Å². The van der Waals surface area contributed by atoms with Gasteiger partial charge in [-0.2, -0.15) is 5.10 Å².